The van der Waals surface area contributed by atoms with Crippen LogP contribution in [-0.2, 0) is 0 Å². The standard InChI is InChI=1S/C23H23N5S/c1-14-11-15(2)19-18(12-14)21(27-26-19)23-25-20(16(3)28-9-4-5-10-28)22(29-23)17-7-6-8-24-13-17/h6-8,11-13H,3-5,9-10H2,1-2H3,(H,26,27). The maximum absolute atomic E-state index is 5.06. The highest BCUT2D eigenvalue weighted by Crippen LogP contribution is 2.40. The molecule has 29 heavy (non-hydrogen) atoms. The number of benzene rings is 1. The average molecular weight is 402 g/mol. The summed E-state index contributed by atoms with van der Waals surface area (Å²) < 4.78 is 0. The molecule has 1 N–H and O–H groups in total. The highest BCUT2D eigenvalue weighted by atomic mass is 32.1. The fourth-order valence-electron chi connectivity index (χ4n) is 4.09. The van der Waals surface area contributed by atoms with Gasteiger partial charge in [-0.1, -0.05) is 24.3 Å². The van der Waals surface area contributed by atoms with Gasteiger partial charge in [-0.05, 0) is 44.4 Å². The lowest BCUT2D eigenvalue weighted by atomic mass is 10.1. The summed E-state index contributed by atoms with van der Waals surface area (Å²) in [6.45, 7) is 10.7. The fourth-order valence-corrected chi connectivity index (χ4v) is 5.17. The first-order valence-electron chi connectivity index (χ1n) is 9.93. The zero-order valence-corrected chi connectivity index (χ0v) is 17.5. The third kappa shape index (κ3) is 3.13. The molecule has 1 aliphatic heterocycles. The molecular formula is C23H23N5S. The molecule has 0 bridgehead atoms. The second kappa shape index (κ2) is 7.12. The molecule has 4 heterocycles. The predicted molar refractivity (Wildman–Crippen MR) is 120 cm³/mol. The van der Waals surface area contributed by atoms with E-state index in [0.717, 1.165) is 56.5 Å². The third-order valence-corrected chi connectivity index (χ3v) is 6.64. The number of thiazole rings is 1. The van der Waals surface area contributed by atoms with E-state index >= 15 is 0 Å². The monoisotopic (exact) mass is 401 g/mol. The molecule has 0 spiro atoms. The number of nitrogens with one attached hydrogen (secondary N) is 1. The van der Waals surface area contributed by atoms with E-state index in [4.69, 9.17) is 4.98 Å². The first-order chi connectivity index (χ1) is 14.1. The van der Waals surface area contributed by atoms with Crippen molar-refractivity contribution >= 4 is 27.9 Å². The van der Waals surface area contributed by atoms with E-state index in [1.807, 2.05) is 12.3 Å². The summed E-state index contributed by atoms with van der Waals surface area (Å²) in [5.41, 5.74) is 7.40. The number of nitrogens with zero attached hydrogens (tertiary/aromatic N) is 4. The molecule has 0 aliphatic carbocycles. The van der Waals surface area contributed by atoms with Crippen LogP contribution in [0.1, 0.15) is 29.7 Å². The minimum atomic E-state index is 0.937. The molecule has 0 atom stereocenters. The summed E-state index contributed by atoms with van der Waals surface area (Å²) in [4.78, 5) is 12.8. The lowest BCUT2D eigenvalue weighted by Gasteiger charge is -2.19. The Bertz CT molecular complexity index is 1200. The molecular weight excluding hydrogens is 378 g/mol. The highest BCUT2D eigenvalue weighted by molar-refractivity contribution is 7.18. The van der Waals surface area contributed by atoms with Crippen LogP contribution in [0.5, 0.6) is 0 Å². The quantitative estimate of drug-likeness (QED) is 0.495. The van der Waals surface area contributed by atoms with Crippen molar-refractivity contribution in [1.29, 1.82) is 0 Å². The Labute approximate surface area is 174 Å². The molecule has 5 rings (SSSR count). The molecule has 0 saturated carbocycles. The van der Waals surface area contributed by atoms with Gasteiger partial charge < -0.3 is 4.90 Å². The third-order valence-electron chi connectivity index (χ3n) is 5.52. The number of likely N-dealkylation sites (tertiary alicyclic amines) is 1. The number of hydrogen-bond donors (Lipinski definition) is 1. The van der Waals surface area contributed by atoms with E-state index in [1.165, 1.54) is 24.0 Å². The van der Waals surface area contributed by atoms with Crippen molar-refractivity contribution in [2.24, 2.45) is 0 Å². The van der Waals surface area contributed by atoms with Gasteiger partial charge >= 0.3 is 0 Å². The lowest BCUT2D eigenvalue weighted by Crippen LogP contribution is -2.17. The molecule has 3 aromatic heterocycles. The second-order valence-electron chi connectivity index (χ2n) is 7.66. The Balaban J connectivity index is 1.68. The molecule has 1 aliphatic rings. The minimum absolute atomic E-state index is 0.937. The maximum atomic E-state index is 5.06. The number of hydrogen-bond acceptors (Lipinski definition) is 5. The van der Waals surface area contributed by atoms with Crippen LogP contribution in [0.4, 0.5) is 0 Å². The van der Waals surface area contributed by atoms with Crippen LogP contribution in [0.2, 0.25) is 0 Å². The average Bonchev–Trinajstić information content (AvgIpc) is 3.47. The van der Waals surface area contributed by atoms with Gasteiger partial charge in [-0.2, -0.15) is 5.10 Å². The molecule has 5 nitrogen and oxygen atoms in total. The summed E-state index contributed by atoms with van der Waals surface area (Å²) in [5, 5.41) is 9.86. The molecule has 0 amide bonds. The number of H-pyrrole nitrogens is 1. The predicted octanol–water partition coefficient (Wildman–Crippen LogP) is 5.43. The van der Waals surface area contributed by atoms with Crippen LogP contribution in [0.25, 0.3) is 37.7 Å². The van der Waals surface area contributed by atoms with Crippen molar-refractivity contribution < 1.29 is 0 Å². The summed E-state index contributed by atoms with van der Waals surface area (Å²) in [6.07, 6.45) is 6.12. The van der Waals surface area contributed by atoms with E-state index in [2.05, 4.69) is 58.7 Å². The molecule has 6 heteroatoms. The zero-order chi connectivity index (χ0) is 20.0. The largest absolute Gasteiger partial charge is 0.370 e. The molecule has 4 aromatic rings. The topological polar surface area (TPSA) is 57.7 Å². The van der Waals surface area contributed by atoms with E-state index in [0.29, 0.717) is 0 Å². The minimum Gasteiger partial charge on any atom is -0.370 e. The Morgan fingerprint density at radius 2 is 2.03 bits per heavy atom. The van der Waals surface area contributed by atoms with Crippen LogP contribution >= 0.6 is 11.3 Å². The van der Waals surface area contributed by atoms with Crippen LogP contribution in [0.3, 0.4) is 0 Å². The highest BCUT2D eigenvalue weighted by Gasteiger charge is 2.24. The van der Waals surface area contributed by atoms with Crippen molar-refractivity contribution in [2.45, 2.75) is 26.7 Å². The molecule has 0 unspecified atom stereocenters. The van der Waals surface area contributed by atoms with Crippen LogP contribution in [0.15, 0.2) is 43.2 Å². The normalized spacial score (nSPS) is 14.1. The van der Waals surface area contributed by atoms with Crippen molar-refractivity contribution in [2.75, 3.05) is 13.1 Å². The number of rotatable bonds is 4. The Hall–Kier alpha value is -2.99. The summed E-state index contributed by atoms with van der Waals surface area (Å²) in [7, 11) is 0. The van der Waals surface area contributed by atoms with Crippen molar-refractivity contribution in [1.82, 2.24) is 25.1 Å². The Morgan fingerprint density at radius 3 is 2.79 bits per heavy atom. The summed E-state index contributed by atoms with van der Waals surface area (Å²) in [6, 6.07) is 8.40. The number of aromatic amines is 1. The van der Waals surface area contributed by atoms with Gasteiger partial charge in [0.25, 0.3) is 0 Å². The van der Waals surface area contributed by atoms with Gasteiger partial charge in [0.1, 0.15) is 16.4 Å². The number of aromatic nitrogens is 4. The first-order valence-corrected chi connectivity index (χ1v) is 10.7. The first kappa shape index (κ1) is 18.1. The SMILES string of the molecule is C=C(c1nc(-c2[nH]nc3c(C)cc(C)cc23)sc1-c1cccnc1)N1CCCC1. The van der Waals surface area contributed by atoms with Crippen molar-refractivity contribution in [3.63, 3.8) is 0 Å². The van der Waals surface area contributed by atoms with Gasteiger partial charge in [-0.3, -0.25) is 10.1 Å². The van der Waals surface area contributed by atoms with Gasteiger partial charge in [0, 0.05) is 36.4 Å². The van der Waals surface area contributed by atoms with Crippen LogP contribution in [0, 0.1) is 13.8 Å². The van der Waals surface area contributed by atoms with Gasteiger partial charge in [0.05, 0.1) is 16.1 Å². The van der Waals surface area contributed by atoms with Gasteiger partial charge in [-0.25, -0.2) is 4.98 Å². The van der Waals surface area contributed by atoms with Gasteiger partial charge in [0.2, 0.25) is 0 Å². The van der Waals surface area contributed by atoms with Crippen molar-refractivity contribution in [3.8, 4) is 21.1 Å². The Kier molecular flexibility index (Phi) is 4.43. The number of pyridine rings is 1. The van der Waals surface area contributed by atoms with Crippen LogP contribution < -0.4 is 0 Å². The van der Waals surface area contributed by atoms with Gasteiger partial charge in [-0.15, -0.1) is 11.3 Å². The van der Waals surface area contributed by atoms with Crippen LogP contribution in [-0.4, -0.2) is 38.2 Å². The number of fused-ring (bicyclic) bond motifs is 1. The molecule has 146 valence electrons. The molecule has 1 saturated heterocycles. The summed E-state index contributed by atoms with van der Waals surface area (Å²) in [5.74, 6) is 0. The fraction of sp³-hybridized carbons (Fsp3) is 0.261. The lowest BCUT2D eigenvalue weighted by molar-refractivity contribution is 0.493. The van der Waals surface area contributed by atoms with E-state index < -0.39 is 0 Å². The Morgan fingerprint density at radius 1 is 1.21 bits per heavy atom. The maximum Gasteiger partial charge on any atom is 0.143 e. The number of aryl methyl sites for hydroxylation is 2. The molecule has 1 fully saturated rings. The zero-order valence-electron chi connectivity index (χ0n) is 16.7. The van der Waals surface area contributed by atoms with E-state index in [9.17, 15) is 0 Å². The smallest absolute Gasteiger partial charge is 0.143 e. The van der Waals surface area contributed by atoms with E-state index in [-0.39, 0.29) is 0 Å². The van der Waals surface area contributed by atoms with Gasteiger partial charge in [0.15, 0.2) is 0 Å². The second-order valence-corrected chi connectivity index (χ2v) is 8.65. The van der Waals surface area contributed by atoms with Crippen molar-refractivity contribution in [3.05, 3.63) is 60.1 Å². The molecule has 0 radical (unpaired) electrons. The molecule has 1 aromatic carbocycles. The van der Waals surface area contributed by atoms with E-state index in [1.54, 1.807) is 17.5 Å². The summed E-state index contributed by atoms with van der Waals surface area (Å²) >= 11 is 1.67.